The molecule has 2 aliphatic heterocycles. The molecule has 142 valence electrons. The van der Waals surface area contributed by atoms with Crippen LogP contribution in [0.15, 0.2) is 16.6 Å². The van der Waals surface area contributed by atoms with Crippen LogP contribution in [0.4, 0.5) is 10.5 Å². The molecule has 1 aromatic carbocycles. The fourth-order valence-corrected chi connectivity index (χ4v) is 3.77. The summed E-state index contributed by atoms with van der Waals surface area (Å²) in [5.41, 5.74) is 0.809. The lowest BCUT2D eigenvalue weighted by Crippen LogP contribution is -2.58. The molecule has 2 amide bonds. The molecule has 1 N–H and O–H groups in total. The number of rotatable bonds is 0. The summed E-state index contributed by atoms with van der Waals surface area (Å²) in [6.07, 6.45) is 0.428. The second kappa shape index (κ2) is 7.27. The fourth-order valence-electron chi connectivity index (χ4n) is 3.26. The molecule has 1 fully saturated rings. The molecule has 3 rings (SSSR count). The molecule has 8 heteroatoms. The number of carbonyl (C=O) groups excluding carboxylic acids is 2. The summed E-state index contributed by atoms with van der Waals surface area (Å²) >= 11 is 9.59. The van der Waals surface area contributed by atoms with Crippen molar-refractivity contribution >= 4 is 45.2 Å². The Labute approximate surface area is 166 Å². The van der Waals surface area contributed by atoms with E-state index in [0.717, 1.165) is 16.6 Å². The normalized spacial score (nSPS) is 20.5. The van der Waals surface area contributed by atoms with E-state index in [2.05, 4.69) is 21.2 Å². The summed E-state index contributed by atoms with van der Waals surface area (Å²) in [4.78, 5) is 29.0. The Morgan fingerprint density at radius 3 is 2.77 bits per heavy atom. The van der Waals surface area contributed by atoms with Crippen molar-refractivity contribution in [2.75, 3.05) is 31.5 Å². The van der Waals surface area contributed by atoms with Gasteiger partial charge in [0.15, 0.2) is 0 Å². The lowest BCUT2D eigenvalue weighted by atomic mass is 10.0. The number of nitrogens with one attached hydrogen (secondary N) is 1. The van der Waals surface area contributed by atoms with Gasteiger partial charge in [-0.3, -0.25) is 4.79 Å². The second-order valence-corrected chi connectivity index (χ2v) is 8.87. The minimum absolute atomic E-state index is 0.0492. The van der Waals surface area contributed by atoms with Crippen LogP contribution < -0.4 is 5.32 Å². The SMILES string of the molecule is CC(C)(C)OC(=O)N1CCN2C(=O)c3cc(Cl)c(Br)cc3NCCC2C1. The van der Waals surface area contributed by atoms with E-state index < -0.39 is 5.60 Å². The molecule has 1 atom stereocenters. The average molecular weight is 445 g/mol. The molecule has 2 heterocycles. The molecule has 26 heavy (non-hydrogen) atoms. The van der Waals surface area contributed by atoms with Crippen molar-refractivity contribution in [2.24, 2.45) is 0 Å². The minimum Gasteiger partial charge on any atom is -0.444 e. The zero-order chi connectivity index (χ0) is 19.1. The van der Waals surface area contributed by atoms with Crippen LogP contribution in [0.2, 0.25) is 5.02 Å². The zero-order valence-electron chi connectivity index (χ0n) is 15.1. The second-order valence-electron chi connectivity index (χ2n) is 7.61. The first-order valence-corrected chi connectivity index (χ1v) is 9.84. The standard InChI is InChI=1S/C18H23BrClN3O3/c1-18(2,3)26-17(25)22-6-7-23-11(10-22)4-5-21-15-9-13(19)14(20)8-12(15)16(23)24/h8-9,11,21H,4-7,10H2,1-3H3. The van der Waals surface area contributed by atoms with Crippen LogP contribution in [0, 0.1) is 0 Å². The van der Waals surface area contributed by atoms with Gasteiger partial charge in [-0.1, -0.05) is 11.6 Å². The Morgan fingerprint density at radius 2 is 2.08 bits per heavy atom. The maximum atomic E-state index is 13.1. The first kappa shape index (κ1) is 19.3. The number of anilines is 1. The Kier molecular flexibility index (Phi) is 5.40. The molecular formula is C18H23BrClN3O3. The summed E-state index contributed by atoms with van der Waals surface area (Å²) < 4.78 is 6.22. The lowest BCUT2D eigenvalue weighted by molar-refractivity contribution is 0.00369. The van der Waals surface area contributed by atoms with Crippen molar-refractivity contribution in [1.29, 1.82) is 0 Å². The van der Waals surface area contributed by atoms with E-state index in [1.54, 1.807) is 11.0 Å². The highest BCUT2D eigenvalue weighted by atomic mass is 79.9. The van der Waals surface area contributed by atoms with Crippen LogP contribution >= 0.6 is 27.5 Å². The van der Waals surface area contributed by atoms with Crippen LogP contribution in [0.1, 0.15) is 37.6 Å². The van der Waals surface area contributed by atoms with Gasteiger partial charge in [0.05, 0.1) is 16.6 Å². The molecular weight excluding hydrogens is 422 g/mol. The monoisotopic (exact) mass is 443 g/mol. The minimum atomic E-state index is -0.532. The fraction of sp³-hybridized carbons (Fsp3) is 0.556. The number of nitrogens with zero attached hydrogens (tertiary/aromatic N) is 2. The quantitative estimate of drug-likeness (QED) is 0.657. The Morgan fingerprint density at radius 1 is 1.35 bits per heavy atom. The number of piperazine rings is 1. The molecule has 0 aromatic heterocycles. The molecule has 0 spiro atoms. The average Bonchev–Trinajstić information content (AvgIpc) is 2.54. The maximum absolute atomic E-state index is 13.1. The van der Waals surface area contributed by atoms with Gasteiger partial charge in [-0.15, -0.1) is 0 Å². The van der Waals surface area contributed by atoms with Crippen LogP contribution in [-0.4, -0.2) is 59.6 Å². The van der Waals surface area contributed by atoms with E-state index in [-0.39, 0.29) is 18.0 Å². The Balaban J connectivity index is 1.79. The molecule has 0 bridgehead atoms. The van der Waals surface area contributed by atoms with Gasteiger partial charge in [0.1, 0.15) is 5.60 Å². The summed E-state index contributed by atoms with van der Waals surface area (Å²) in [7, 11) is 0. The largest absolute Gasteiger partial charge is 0.444 e. The van der Waals surface area contributed by atoms with Crippen molar-refractivity contribution in [3.05, 3.63) is 27.2 Å². The molecule has 0 radical (unpaired) electrons. The first-order chi connectivity index (χ1) is 12.2. The number of ether oxygens (including phenoxy) is 1. The zero-order valence-corrected chi connectivity index (χ0v) is 17.5. The molecule has 1 aromatic rings. The van der Waals surface area contributed by atoms with E-state index in [4.69, 9.17) is 16.3 Å². The highest BCUT2D eigenvalue weighted by molar-refractivity contribution is 9.10. The van der Waals surface area contributed by atoms with Gasteiger partial charge in [-0.2, -0.15) is 0 Å². The molecule has 6 nitrogen and oxygen atoms in total. The molecule has 2 aliphatic rings. The third-order valence-electron chi connectivity index (χ3n) is 4.48. The summed E-state index contributed by atoms with van der Waals surface area (Å²) in [5, 5.41) is 3.81. The van der Waals surface area contributed by atoms with Crippen molar-refractivity contribution in [2.45, 2.75) is 38.8 Å². The van der Waals surface area contributed by atoms with Crippen LogP contribution in [0.25, 0.3) is 0 Å². The van der Waals surface area contributed by atoms with Gasteiger partial charge >= 0.3 is 6.09 Å². The van der Waals surface area contributed by atoms with Crippen LogP contribution in [0.5, 0.6) is 0 Å². The van der Waals surface area contributed by atoms with Gasteiger partial charge in [0.2, 0.25) is 0 Å². The van der Waals surface area contributed by atoms with Crippen molar-refractivity contribution < 1.29 is 14.3 Å². The topological polar surface area (TPSA) is 61.9 Å². The molecule has 1 unspecified atom stereocenters. The predicted octanol–water partition coefficient (Wildman–Crippen LogP) is 3.98. The number of carbonyl (C=O) groups is 2. The van der Waals surface area contributed by atoms with E-state index >= 15 is 0 Å². The molecule has 1 saturated heterocycles. The van der Waals surface area contributed by atoms with Crippen molar-refractivity contribution in [1.82, 2.24) is 9.80 Å². The number of hydrogen-bond acceptors (Lipinski definition) is 4. The van der Waals surface area contributed by atoms with E-state index in [9.17, 15) is 9.59 Å². The molecule has 0 saturated carbocycles. The van der Waals surface area contributed by atoms with Gasteiger partial charge in [-0.25, -0.2) is 4.79 Å². The lowest BCUT2D eigenvalue weighted by Gasteiger charge is -2.43. The van der Waals surface area contributed by atoms with Crippen molar-refractivity contribution in [3.63, 3.8) is 0 Å². The Hall–Kier alpha value is -1.47. The van der Waals surface area contributed by atoms with Gasteiger partial charge in [0, 0.05) is 36.3 Å². The smallest absolute Gasteiger partial charge is 0.410 e. The highest BCUT2D eigenvalue weighted by Crippen LogP contribution is 2.32. The van der Waals surface area contributed by atoms with E-state index in [1.165, 1.54) is 0 Å². The van der Waals surface area contributed by atoms with E-state index in [0.29, 0.717) is 36.8 Å². The third kappa shape index (κ3) is 4.09. The number of halogens is 2. The van der Waals surface area contributed by atoms with Crippen LogP contribution in [-0.2, 0) is 4.74 Å². The van der Waals surface area contributed by atoms with Gasteiger partial charge in [0.25, 0.3) is 5.91 Å². The summed E-state index contributed by atoms with van der Waals surface area (Å²) in [6.45, 7) is 7.68. The summed E-state index contributed by atoms with van der Waals surface area (Å²) in [6, 6.07) is 3.48. The van der Waals surface area contributed by atoms with Crippen molar-refractivity contribution in [3.8, 4) is 0 Å². The van der Waals surface area contributed by atoms with Gasteiger partial charge < -0.3 is 19.9 Å². The molecule has 0 aliphatic carbocycles. The van der Waals surface area contributed by atoms with Crippen LogP contribution in [0.3, 0.4) is 0 Å². The Bertz CT molecular complexity index is 735. The van der Waals surface area contributed by atoms with E-state index in [1.807, 2.05) is 31.7 Å². The first-order valence-electron chi connectivity index (χ1n) is 8.67. The number of amides is 2. The number of fused-ring (bicyclic) bond motifs is 2. The predicted molar refractivity (Wildman–Crippen MR) is 105 cm³/mol. The highest BCUT2D eigenvalue weighted by Gasteiger charge is 2.36. The third-order valence-corrected chi connectivity index (χ3v) is 5.68. The number of hydrogen-bond donors (Lipinski definition) is 1. The number of benzene rings is 1. The van der Waals surface area contributed by atoms with Gasteiger partial charge in [-0.05, 0) is 55.3 Å². The summed E-state index contributed by atoms with van der Waals surface area (Å²) in [5.74, 6) is -0.0598. The maximum Gasteiger partial charge on any atom is 0.410 e.